The van der Waals surface area contributed by atoms with Crippen molar-refractivity contribution < 1.29 is 19.1 Å². The molecular weight excluding hydrogens is 437 g/mol. The van der Waals surface area contributed by atoms with Gasteiger partial charge in [-0.3, -0.25) is 4.79 Å². The number of hydrogen-bond donors (Lipinski definition) is 4. The summed E-state index contributed by atoms with van der Waals surface area (Å²) in [5.74, 6) is 0.202. The van der Waals surface area contributed by atoms with Crippen molar-refractivity contribution in [1.29, 1.82) is 10.5 Å². The van der Waals surface area contributed by atoms with E-state index < -0.39 is 8.60 Å². The van der Waals surface area contributed by atoms with Crippen molar-refractivity contribution in [2.75, 3.05) is 25.1 Å². The van der Waals surface area contributed by atoms with Crippen LogP contribution in [-0.4, -0.2) is 40.9 Å². The van der Waals surface area contributed by atoms with Crippen molar-refractivity contribution in [2.24, 2.45) is 5.73 Å². The maximum atomic E-state index is 10.4. The van der Waals surface area contributed by atoms with Crippen LogP contribution in [-0.2, 0) is 22.2 Å². The van der Waals surface area contributed by atoms with E-state index in [2.05, 4.69) is 11.1 Å². The molecule has 2 rings (SSSR count). The van der Waals surface area contributed by atoms with Crippen LogP contribution >= 0.6 is 20.8 Å². The summed E-state index contributed by atoms with van der Waals surface area (Å²) in [4.78, 5) is 32.4. The molecule has 31 heavy (non-hydrogen) atoms. The number of aromatic amines is 1. The van der Waals surface area contributed by atoms with Gasteiger partial charge in [-0.25, -0.2) is 0 Å². The second-order valence-corrected chi connectivity index (χ2v) is 7.42. The number of nitrogens with zero attached hydrogens (tertiary/aromatic N) is 3. The summed E-state index contributed by atoms with van der Waals surface area (Å²) in [6.07, 6.45) is 0.848. The molecule has 0 radical (unpaired) electrons. The van der Waals surface area contributed by atoms with Gasteiger partial charge in [0, 0.05) is 13.6 Å². The molecule has 0 saturated carbocycles. The SMILES string of the molecule is CCc1c(C#N)c(N(C)CCOP(O)O)[nH]c(=S)c1C#N.NC(=O)Cc1ccccc1. The Balaban J connectivity index is 0.000000399. The Morgan fingerprint density at radius 1 is 1.26 bits per heavy atom. The molecule has 0 atom stereocenters. The van der Waals surface area contributed by atoms with Crippen molar-refractivity contribution in [3.05, 3.63) is 57.2 Å². The molecule has 1 amide bonds. The first kappa shape index (κ1) is 26.2. The van der Waals surface area contributed by atoms with E-state index in [-0.39, 0.29) is 17.2 Å². The van der Waals surface area contributed by atoms with Gasteiger partial charge in [0.2, 0.25) is 5.91 Å². The van der Waals surface area contributed by atoms with Gasteiger partial charge in [-0.15, -0.1) is 0 Å². The number of primary amides is 1. The summed E-state index contributed by atoms with van der Waals surface area (Å²) < 4.78 is 4.98. The number of amides is 1. The molecule has 0 aliphatic carbocycles. The molecule has 0 aliphatic rings. The van der Waals surface area contributed by atoms with Gasteiger partial charge in [-0.05, 0) is 17.5 Å². The van der Waals surface area contributed by atoms with Gasteiger partial charge < -0.3 is 29.9 Å². The zero-order chi connectivity index (χ0) is 23.4. The highest BCUT2D eigenvalue weighted by molar-refractivity contribution is 7.71. The zero-order valence-electron chi connectivity index (χ0n) is 17.2. The first-order chi connectivity index (χ1) is 14.7. The maximum Gasteiger partial charge on any atom is 0.327 e. The number of anilines is 1. The molecule has 0 bridgehead atoms. The summed E-state index contributed by atoms with van der Waals surface area (Å²) in [5.41, 5.74) is 7.24. The minimum atomic E-state index is -2.40. The third-order valence-electron chi connectivity index (χ3n) is 4.11. The van der Waals surface area contributed by atoms with Crippen molar-refractivity contribution >= 4 is 32.5 Å². The molecule has 164 valence electrons. The van der Waals surface area contributed by atoms with E-state index in [0.29, 0.717) is 41.9 Å². The highest BCUT2D eigenvalue weighted by Gasteiger charge is 2.17. The number of aromatic nitrogens is 1. The molecule has 11 heteroatoms. The topological polar surface area (TPSA) is 159 Å². The van der Waals surface area contributed by atoms with Crippen LogP contribution in [0.1, 0.15) is 29.2 Å². The second-order valence-electron chi connectivity index (χ2n) is 6.24. The van der Waals surface area contributed by atoms with Crippen LogP contribution in [0.25, 0.3) is 0 Å². The standard InChI is InChI=1S/C12H15N4O3PS.C8H9NO/c1-3-8-9(6-13)11(15-12(21)10(8)7-14)16(2)4-5-19-20(17)18;9-8(10)6-7-4-2-1-3-5-7/h17-18H,3-5H2,1-2H3,(H,15,21);1-5H,6H2,(H2,9,10). The first-order valence-electron chi connectivity index (χ1n) is 9.18. The lowest BCUT2D eigenvalue weighted by Gasteiger charge is -2.22. The number of rotatable bonds is 8. The fourth-order valence-electron chi connectivity index (χ4n) is 2.68. The van der Waals surface area contributed by atoms with Gasteiger partial charge in [0.05, 0.1) is 24.2 Å². The van der Waals surface area contributed by atoms with E-state index in [1.54, 1.807) is 11.9 Å². The molecule has 0 unspecified atom stereocenters. The van der Waals surface area contributed by atoms with Crippen LogP contribution in [0, 0.1) is 27.3 Å². The Morgan fingerprint density at radius 2 is 1.87 bits per heavy atom. The normalized spacial score (nSPS) is 9.90. The van der Waals surface area contributed by atoms with Crippen LogP contribution in [0.3, 0.4) is 0 Å². The Bertz CT molecular complexity index is 1020. The van der Waals surface area contributed by atoms with Gasteiger partial charge in [-0.2, -0.15) is 10.5 Å². The van der Waals surface area contributed by atoms with Crippen LogP contribution in [0.5, 0.6) is 0 Å². The molecule has 0 spiro atoms. The number of carbonyl (C=O) groups excluding carboxylic acids is 1. The van der Waals surface area contributed by atoms with E-state index in [4.69, 9.17) is 37.5 Å². The van der Waals surface area contributed by atoms with Gasteiger partial charge >= 0.3 is 8.60 Å². The molecule has 1 heterocycles. The number of nitrogens with two attached hydrogens (primary N) is 1. The molecule has 5 N–H and O–H groups in total. The highest BCUT2D eigenvalue weighted by atomic mass is 32.1. The first-order valence-corrected chi connectivity index (χ1v) is 10.8. The smallest absolute Gasteiger partial charge is 0.327 e. The lowest BCUT2D eigenvalue weighted by atomic mass is 10.0. The number of hydrogen-bond acceptors (Lipinski definition) is 8. The summed E-state index contributed by atoms with van der Waals surface area (Å²) in [7, 11) is -0.685. The van der Waals surface area contributed by atoms with E-state index in [9.17, 15) is 10.1 Å². The Hall–Kier alpha value is -2.85. The summed E-state index contributed by atoms with van der Waals surface area (Å²) in [6, 6.07) is 13.6. The van der Waals surface area contributed by atoms with Crippen LogP contribution < -0.4 is 10.6 Å². The number of pyridine rings is 1. The number of benzene rings is 1. The zero-order valence-corrected chi connectivity index (χ0v) is 18.9. The molecule has 2 aromatic rings. The highest BCUT2D eigenvalue weighted by Crippen LogP contribution is 2.26. The van der Waals surface area contributed by atoms with Gasteiger partial charge in [-0.1, -0.05) is 49.5 Å². The summed E-state index contributed by atoms with van der Waals surface area (Å²) >= 11 is 5.15. The van der Waals surface area contributed by atoms with Crippen molar-refractivity contribution in [1.82, 2.24) is 4.98 Å². The summed E-state index contributed by atoms with van der Waals surface area (Å²) in [6.45, 7) is 2.26. The Kier molecular flexibility index (Phi) is 11.4. The van der Waals surface area contributed by atoms with E-state index in [1.165, 1.54) is 0 Å². The second kappa shape index (κ2) is 13.5. The average Bonchev–Trinajstić information content (AvgIpc) is 2.73. The lowest BCUT2D eigenvalue weighted by Crippen LogP contribution is -2.24. The Labute approximate surface area is 187 Å². The number of nitriles is 2. The van der Waals surface area contributed by atoms with E-state index in [0.717, 1.165) is 5.56 Å². The minimum Gasteiger partial charge on any atom is -0.369 e. The number of carbonyl (C=O) groups is 1. The maximum absolute atomic E-state index is 10.4. The van der Waals surface area contributed by atoms with Gasteiger partial charge in [0.15, 0.2) is 0 Å². The predicted molar refractivity (Wildman–Crippen MR) is 120 cm³/mol. The average molecular weight is 461 g/mol. The summed E-state index contributed by atoms with van der Waals surface area (Å²) in [5, 5.41) is 18.5. The number of H-pyrrole nitrogens is 1. The monoisotopic (exact) mass is 461 g/mol. The fourth-order valence-corrected chi connectivity index (χ4v) is 3.19. The quantitative estimate of drug-likeness (QED) is 0.344. The molecule has 0 aliphatic heterocycles. The molecule has 1 aromatic heterocycles. The predicted octanol–water partition coefficient (Wildman–Crippen LogP) is 2.43. The molecule has 9 nitrogen and oxygen atoms in total. The van der Waals surface area contributed by atoms with Crippen molar-refractivity contribution in [3.8, 4) is 12.1 Å². The van der Waals surface area contributed by atoms with Crippen LogP contribution in [0.15, 0.2) is 30.3 Å². The molecule has 1 aromatic carbocycles. The number of nitrogens with one attached hydrogen (secondary N) is 1. The van der Waals surface area contributed by atoms with Crippen molar-refractivity contribution in [2.45, 2.75) is 19.8 Å². The molecule has 0 fully saturated rings. The van der Waals surface area contributed by atoms with Gasteiger partial charge in [0.1, 0.15) is 22.6 Å². The Morgan fingerprint density at radius 3 is 2.35 bits per heavy atom. The minimum absolute atomic E-state index is 0.0855. The third-order valence-corrected chi connectivity index (χ3v) is 4.83. The number of likely N-dealkylation sites (N-methyl/N-ethyl adjacent to an activating group) is 1. The lowest BCUT2D eigenvalue weighted by molar-refractivity contribution is -0.117. The van der Waals surface area contributed by atoms with Gasteiger partial charge in [0.25, 0.3) is 0 Å². The fraction of sp³-hybridized carbons (Fsp3) is 0.300. The molecular formula is C20H24N5O4PS. The third kappa shape index (κ3) is 8.42. The van der Waals surface area contributed by atoms with E-state index >= 15 is 0 Å². The van der Waals surface area contributed by atoms with E-state index in [1.807, 2.05) is 43.3 Å². The van der Waals surface area contributed by atoms with Crippen molar-refractivity contribution in [3.63, 3.8) is 0 Å². The van der Waals surface area contributed by atoms with Crippen LogP contribution in [0.4, 0.5) is 5.82 Å². The largest absolute Gasteiger partial charge is 0.369 e. The van der Waals surface area contributed by atoms with Crippen LogP contribution in [0.2, 0.25) is 0 Å². The molecule has 0 saturated heterocycles.